The van der Waals surface area contributed by atoms with Crippen LogP contribution in [-0.2, 0) is 6.42 Å². The van der Waals surface area contributed by atoms with Gasteiger partial charge in [0, 0.05) is 42.8 Å². The SMILES string of the molecule is c1ccc(CCNc2nccnc2-c2ccoc2)nc1. The van der Waals surface area contributed by atoms with Crippen LogP contribution in [0.15, 0.2) is 59.8 Å². The molecule has 100 valence electrons. The Hall–Kier alpha value is -2.69. The molecule has 0 saturated carbocycles. The number of hydrogen-bond donors (Lipinski definition) is 1. The first-order chi connectivity index (χ1) is 9.93. The maximum atomic E-state index is 5.09. The van der Waals surface area contributed by atoms with Crippen LogP contribution >= 0.6 is 0 Å². The lowest BCUT2D eigenvalue weighted by Crippen LogP contribution is -2.08. The van der Waals surface area contributed by atoms with E-state index in [1.807, 2.05) is 24.3 Å². The number of hydrogen-bond acceptors (Lipinski definition) is 5. The summed E-state index contributed by atoms with van der Waals surface area (Å²) in [7, 11) is 0. The largest absolute Gasteiger partial charge is 0.472 e. The second kappa shape index (κ2) is 5.97. The minimum absolute atomic E-state index is 0.751. The Morgan fingerprint density at radius 2 is 1.95 bits per heavy atom. The fraction of sp³-hybridized carbons (Fsp3) is 0.133. The molecule has 0 saturated heterocycles. The van der Waals surface area contributed by atoms with E-state index >= 15 is 0 Å². The molecule has 0 unspecified atom stereocenters. The molecule has 0 spiro atoms. The number of rotatable bonds is 5. The average Bonchev–Trinajstić information content (AvgIpc) is 3.03. The molecule has 0 bridgehead atoms. The van der Waals surface area contributed by atoms with Gasteiger partial charge in [-0.15, -0.1) is 0 Å². The van der Waals surface area contributed by atoms with E-state index < -0.39 is 0 Å². The summed E-state index contributed by atoms with van der Waals surface area (Å²) in [4.78, 5) is 13.0. The summed E-state index contributed by atoms with van der Waals surface area (Å²) in [6.07, 6.45) is 9.27. The first-order valence-corrected chi connectivity index (χ1v) is 6.41. The van der Waals surface area contributed by atoms with Gasteiger partial charge in [0.25, 0.3) is 0 Å². The highest BCUT2D eigenvalue weighted by Crippen LogP contribution is 2.23. The van der Waals surface area contributed by atoms with E-state index in [4.69, 9.17) is 4.42 Å². The molecule has 3 heterocycles. The Morgan fingerprint density at radius 3 is 2.75 bits per heavy atom. The Morgan fingerprint density at radius 1 is 1.00 bits per heavy atom. The summed E-state index contributed by atoms with van der Waals surface area (Å²) in [5.74, 6) is 0.754. The van der Waals surface area contributed by atoms with Gasteiger partial charge in [0.1, 0.15) is 5.69 Å². The minimum atomic E-state index is 0.751. The molecule has 0 aromatic carbocycles. The lowest BCUT2D eigenvalue weighted by molar-refractivity contribution is 0.568. The van der Waals surface area contributed by atoms with E-state index in [9.17, 15) is 0 Å². The highest BCUT2D eigenvalue weighted by molar-refractivity contribution is 5.70. The van der Waals surface area contributed by atoms with E-state index in [0.717, 1.165) is 35.7 Å². The van der Waals surface area contributed by atoms with Crippen molar-refractivity contribution in [3.05, 3.63) is 61.1 Å². The maximum Gasteiger partial charge on any atom is 0.152 e. The smallest absolute Gasteiger partial charge is 0.152 e. The van der Waals surface area contributed by atoms with E-state index in [1.54, 1.807) is 31.1 Å². The van der Waals surface area contributed by atoms with Crippen molar-refractivity contribution >= 4 is 5.82 Å². The third-order valence-electron chi connectivity index (χ3n) is 2.89. The predicted octanol–water partition coefficient (Wildman–Crippen LogP) is 2.79. The predicted molar refractivity (Wildman–Crippen MR) is 76.2 cm³/mol. The second-order valence-corrected chi connectivity index (χ2v) is 4.26. The van der Waals surface area contributed by atoms with Gasteiger partial charge < -0.3 is 9.73 Å². The lowest BCUT2D eigenvalue weighted by atomic mass is 10.2. The average molecular weight is 266 g/mol. The number of nitrogens with one attached hydrogen (secondary N) is 1. The molecule has 0 atom stereocenters. The van der Waals surface area contributed by atoms with Crippen molar-refractivity contribution in [2.75, 3.05) is 11.9 Å². The van der Waals surface area contributed by atoms with Crippen molar-refractivity contribution in [3.8, 4) is 11.3 Å². The summed E-state index contributed by atoms with van der Waals surface area (Å²) >= 11 is 0. The van der Waals surface area contributed by atoms with Crippen molar-refractivity contribution in [1.29, 1.82) is 0 Å². The van der Waals surface area contributed by atoms with Crippen molar-refractivity contribution < 1.29 is 4.42 Å². The van der Waals surface area contributed by atoms with Gasteiger partial charge in [-0.25, -0.2) is 4.98 Å². The molecule has 1 N–H and O–H groups in total. The van der Waals surface area contributed by atoms with Gasteiger partial charge >= 0.3 is 0 Å². The molecule has 20 heavy (non-hydrogen) atoms. The van der Waals surface area contributed by atoms with E-state index in [1.165, 1.54) is 0 Å². The summed E-state index contributed by atoms with van der Waals surface area (Å²) in [5, 5.41) is 3.29. The molecular weight excluding hydrogens is 252 g/mol. The molecule has 0 radical (unpaired) electrons. The number of nitrogens with zero attached hydrogens (tertiary/aromatic N) is 3. The summed E-state index contributed by atoms with van der Waals surface area (Å²) in [5.41, 5.74) is 2.76. The van der Waals surface area contributed by atoms with E-state index in [2.05, 4.69) is 20.3 Å². The number of pyridine rings is 1. The highest BCUT2D eigenvalue weighted by atomic mass is 16.3. The Bertz CT molecular complexity index is 653. The third-order valence-corrected chi connectivity index (χ3v) is 2.89. The van der Waals surface area contributed by atoms with Gasteiger partial charge in [-0.3, -0.25) is 9.97 Å². The molecule has 0 aliphatic heterocycles. The lowest BCUT2D eigenvalue weighted by Gasteiger charge is -2.08. The highest BCUT2D eigenvalue weighted by Gasteiger charge is 2.08. The van der Waals surface area contributed by atoms with E-state index in [0.29, 0.717) is 0 Å². The van der Waals surface area contributed by atoms with Gasteiger partial charge in [-0.05, 0) is 18.2 Å². The summed E-state index contributed by atoms with van der Waals surface area (Å²) in [6.45, 7) is 0.751. The van der Waals surface area contributed by atoms with Crippen LogP contribution < -0.4 is 5.32 Å². The molecule has 5 heteroatoms. The quantitative estimate of drug-likeness (QED) is 0.769. The van der Waals surface area contributed by atoms with Crippen molar-refractivity contribution in [1.82, 2.24) is 15.0 Å². The zero-order chi connectivity index (χ0) is 13.6. The van der Waals surface area contributed by atoms with Crippen LogP contribution in [0.25, 0.3) is 11.3 Å². The van der Waals surface area contributed by atoms with Gasteiger partial charge in [0.2, 0.25) is 0 Å². The molecule has 0 aliphatic rings. The zero-order valence-electron chi connectivity index (χ0n) is 10.9. The molecule has 3 aromatic heterocycles. The zero-order valence-corrected chi connectivity index (χ0v) is 10.9. The Kier molecular flexibility index (Phi) is 3.68. The molecular formula is C15H14N4O. The number of furan rings is 1. The maximum absolute atomic E-state index is 5.09. The summed E-state index contributed by atoms with van der Waals surface area (Å²) in [6, 6.07) is 7.78. The Balaban J connectivity index is 1.69. The first-order valence-electron chi connectivity index (χ1n) is 6.41. The van der Waals surface area contributed by atoms with Crippen LogP contribution in [0.5, 0.6) is 0 Å². The first kappa shape index (κ1) is 12.3. The number of anilines is 1. The van der Waals surface area contributed by atoms with Crippen molar-refractivity contribution in [3.63, 3.8) is 0 Å². The normalized spacial score (nSPS) is 10.4. The summed E-state index contributed by atoms with van der Waals surface area (Å²) < 4.78 is 5.09. The number of aromatic nitrogens is 3. The van der Waals surface area contributed by atoms with Crippen LogP contribution in [0.3, 0.4) is 0 Å². The topological polar surface area (TPSA) is 63.8 Å². The fourth-order valence-corrected chi connectivity index (χ4v) is 1.93. The minimum Gasteiger partial charge on any atom is -0.472 e. The third kappa shape index (κ3) is 2.83. The van der Waals surface area contributed by atoms with Gasteiger partial charge in [0.05, 0.1) is 12.5 Å². The van der Waals surface area contributed by atoms with Crippen molar-refractivity contribution in [2.24, 2.45) is 0 Å². The monoisotopic (exact) mass is 266 g/mol. The van der Waals surface area contributed by atoms with Crippen LogP contribution in [0.2, 0.25) is 0 Å². The molecule has 3 aromatic rings. The molecule has 0 fully saturated rings. The van der Waals surface area contributed by atoms with E-state index in [-0.39, 0.29) is 0 Å². The standard InChI is InChI=1S/C15H14N4O/c1-2-6-16-13(3-1)4-7-18-15-14(17-8-9-19-15)12-5-10-20-11-12/h1-3,5-6,8-11H,4,7H2,(H,18,19). The van der Waals surface area contributed by atoms with Crippen LogP contribution in [0.4, 0.5) is 5.82 Å². The van der Waals surface area contributed by atoms with Gasteiger partial charge in [-0.2, -0.15) is 0 Å². The Labute approximate surface area is 116 Å². The van der Waals surface area contributed by atoms with Gasteiger partial charge in [0.15, 0.2) is 5.82 Å². The van der Waals surface area contributed by atoms with Crippen LogP contribution in [0.1, 0.15) is 5.69 Å². The molecule has 0 aliphatic carbocycles. The molecule has 5 nitrogen and oxygen atoms in total. The second-order valence-electron chi connectivity index (χ2n) is 4.26. The molecule has 3 rings (SSSR count). The fourth-order valence-electron chi connectivity index (χ4n) is 1.93. The van der Waals surface area contributed by atoms with Crippen LogP contribution in [-0.4, -0.2) is 21.5 Å². The van der Waals surface area contributed by atoms with Crippen LogP contribution in [0, 0.1) is 0 Å². The van der Waals surface area contributed by atoms with Gasteiger partial charge in [-0.1, -0.05) is 6.07 Å². The molecule has 0 amide bonds. The van der Waals surface area contributed by atoms with Crippen molar-refractivity contribution in [2.45, 2.75) is 6.42 Å².